The molecule has 1 amide bonds. The third kappa shape index (κ3) is 5.60. The van der Waals surface area contributed by atoms with Gasteiger partial charge in [0.05, 0.1) is 12.2 Å². The highest BCUT2D eigenvalue weighted by molar-refractivity contribution is 5.75. The number of nitrogens with one attached hydrogen (secondary N) is 1. The first-order valence-corrected chi connectivity index (χ1v) is 9.62. The van der Waals surface area contributed by atoms with E-state index in [9.17, 15) is 14.0 Å². The van der Waals surface area contributed by atoms with Gasteiger partial charge in [0.15, 0.2) is 0 Å². The Bertz CT molecular complexity index is 1030. The number of nitrogens with zero attached hydrogens (tertiary/aromatic N) is 2. The van der Waals surface area contributed by atoms with E-state index in [4.69, 9.17) is 0 Å². The van der Waals surface area contributed by atoms with Gasteiger partial charge in [0, 0.05) is 24.6 Å². The SMILES string of the molecule is CC(C)c1ccc(CNC(=O)CCn2nc(-c3ccc(F)cc3)ccc2=O)cc1. The van der Waals surface area contributed by atoms with E-state index >= 15 is 0 Å². The first-order chi connectivity index (χ1) is 13.9. The minimum Gasteiger partial charge on any atom is -0.352 e. The van der Waals surface area contributed by atoms with Crippen molar-refractivity contribution in [2.24, 2.45) is 0 Å². The lowest BCUT2D eigenvalue weighted by Gasteiger charge is -2.09. The van der Waals surface area contributed by atoms with Gasteiger partial charge in [-0.05, 0) is 47.4 Å². The summed E-state index contributed by atoms with van der Waals surface area (Å²) in [6.07, 6.45) is 0.143. The zero-order valence-corrected chi connectivity index (χ0v) is 16.6. The molecule has 1 N–H and O–H groups in total. The van der Waals surface area contributed by atoms with E-state index in [1.807, 2.05) is 12.1 Å². The second-order valence-corrected chi connectivity index (χ2v) is 7.21. The van der Waals surface area contributed by atoms with Crippen LogP contribution >= 0.6 is 0 Å². The van der Waals surface area contributed by atoms with Gasteiger partial charge in [-0.2, -0.15) is 5.10 Å². The molecule has 0 aliphatic rings. The second kappa shape index (κ2) is 9.28. The minimum atomic E-state index is -0.336. The molecule has 6 heteroatoms. The number of benzene rings is 2. The van der Waals surface area contributed by atoms with Crippen LogP contribution in [0.3, 0.4) is 0 Å². The normalized spacial score (nSPS) is 10.9. The highest BCUT2D eigenvalue weighted by Crippen LogP contribution is 2.16. The molecule has 3 aromatic rings. The maximum absolute atomic E-state index is 13.1. The van der Waals surface area contributed by atoms with Gasteiger partial charge >= 0.3 is 0 Å². The fraction of sp³-hybridized carbons (Fsp3) is 0.261. The molecule has 150 valence electrons. The zero-order chi connectivity index (χ0) is 20.8. The van der Waals surface area contributed by atoms with Crippen LogP contribution in [0, 0.1) is 5.82 Å². The topological polar surface area (TPSA) is 64.0 Å². The van der Waals surface area contributed by atoms with Gasteiger partial charge in [-0.15, -0.1) is 0 Å². The van der Waals surface area contributed by atoms with E-state index in [1.54, 1.807) is 18.2 Å². The van der Waals surface area contributed by atoms with E-state index in [0.29, 0.717) is 23.7 Å². The fourth-order valence-corrected chi connectivity index (χ4v) is 2.90. The van der Waals surface area contributed by atoms with Crippen molar-refractivity contribution in [3.63, 3.8) is 0 Å². The van der Waals surface area contributed by atoms with Gasteiger partial charge in [-0.25, -0.2) is 9.07 Å². The summed E-state index contributed by atoms with van der Waals surface area (Å²) in [6, 6.07) is 17.0. The van der Waals surface area contributed by atoms with E-state index in [2.05, 4.69) is 36.4 Å². The summed E-state index contributed by atoms with van der Waals surface area (Å²) < 4.78 is 14.3. The molecule has 5 nitrogen and oxygen atoms in total. The quantitative estimate of drug-likeness (QED) is 0.663. The molecule has 0 aliphatic heterocycles. The van der Waals surface area contributed by atoms with E-state index in [0.717, 1.165) is 5.56 Å². The molecule has 29 heavy (non-hydrogen) atoms. The summed E-state index contributed by atoms with van der Waals surface area (Å²) in [5.41, 5.74) is 3.25. The summed E-state index contributed by atoms with van der Waals surface area (Å²) in [5, 5.41) is 7.16. The maximum Gasteiger partial charge on any atom is 0.266 e. The molecule has 2 aromatic carbocycles. The standard InChI is InChI=1S/C23H24FN3O2/c1-16(2)18-5-3-17(4-6-18)15-25-22(28)13-14-27-23(29)12-11-21(26-27)19-7-9-20(24)10-8-19/h3-12,16H,13-15H2,1-2H3,(H,25,28). The van der Waals surface area contributed by atoms with Crippen molar-refractivity contribution in [3.8, 4) is 11.3 Å². The number of amides is 1. The van der Waals surface area contributed by atoms with Gasteiger partial charge in [0.2, 0.25) is 5.91 Å². The average Bonchev–Trinajstić information content (AvgIpc) is 2.72. The largest absolute Gasteiger partial charge is 0.352 e. The Morgan fingerprint density at radius 2 is 1.72 bits per heavy atom. The highest BCUT2D eigenvalue weighted by Gasteiger charge is 2.07. The lowest BCUT2D eigenvalue weighted by atomic mass is 10.0. The summed E-state index contributed by atoms with van der Waals surface area (Å²) in [6.45, 7) is 4.89. The Hall–Kier alpha value is -3.28. The van der Waals surface area contributed by atoms with Gasteiger partial charge in [0.25, 0.3) is 5.56 Å². The minimum absolute atomic E-state index is 0.143. The fourth-order valence-electron chi connectivity index (χ4n) is 2.90. The Labute approximate surface area is 169 Å². The predicted molar refractivity (Wildman–Crippen MR) is 111 cm³/mol. The average molecular weight is 393 g/mol. The van der Waals surface area contributed by atoms with Crippen LogP contribution in [0.25, 0.3) is 11.3 Å². The summed E-state index contributed by atoms with van der Waals surface area (Å²) in [4.78, 5) is 24.2. The molecule has 0 unspecified atom stereocenters. The Kier molecular flexibility index (Phi) is 6.54. The summed E-state index contributed by atoms with van der Waals surface area (Å²) >= 11 is 0. The second-order valence-electron chi connectivity index (χ2n) is 7.21. The molecular formula is C23H24FN3O2. The third-order valence-electron chi connectivity index (χ3n) is 4.69. The number of aromatic nitrogens is 2. The van der Waals surface area contributed by atoms with Crippen molar-refractivity contribution in [3.05, 3.63) is 88.0 Å². The molecular weight excluding hydrogens is 369 g/mol. The number of aryl methyl sites for hydroxylation is 1. The van der Waals surface area contributed by atoms with E-state index in [-0.39, 0.29) is 30.2 Å². The number of hydrogen-bond donors (Lipinski definition) is 1. The smallest absolute Gasteiger partial charge is 0.266 e. The zero-order valence-electron chi connectivity index (χ0n) is 16.6. The van der Waals surface area contributed by atoms with Crippen LogP contribution < -0.4 is 10.9 Å². The van der Waals surface area contributed by atoms with Gasteiger partial charge in [0.1, 0.15) is 5.82 Å². The number of halogens is 1. The molecule has 0 fully saturated rings. The highest BCUT2D eigenvalue weighted by atomic mass is 19.1. The van der Waals surface area contributed by atoms with E-state index in [1.165, 1.54) is 28.4 Å². The third-order valence-corrected chi connectivity index (χ3v) is 4.69. The Balaban J connectivity index is 1.57. The summed E-state index contributed by atoms with van der Waals surface area (Å²) in [7, 11) is 0. The number of hydrogen-bond acceptors (Lipinski definition) is 3. The van der Waals surface area contributed by atoms with Crippen LogP contribution in [0.1, 0.15) is 37.3 Å². The summed E-state index contributed by atoms with van der Waals surface area (Å²) in [5.74, 6) is -0.0217. The molecule has 3 rings (SSSR count). The van der Waals surface area contributed by atoms with Crippen LogP contribution in [-0.4, -0.2) is 15.7 Å². The van der Waals surface area contributed by atoms with Gasteiger partial charge in [-0.3, -0.25) is 9.59 Å². The van der Waals surface area contributed by atoms with Crippen LogP contribution in [0.15, 0.2) is 65.5 Å². The van der Waals surface area contributed by atoms with Crippen molar-refractivity contribution in [2.45, 2.75) is 39.3 Å². The molecule has 0 aliphatic carbocycles. The van der Waals surface area contributed by atoms with Crippen molar-refractivity contribution < 1.29 is 9.18 Å². The molecule has 0 radical (unpaired) electrons. The van der Waals surface area contributed by atoms with Crippen LogP contribution in [-0.2, 0) is 17.9 Å². The lowest BCUT2D eigenvalue weighted by Crippen LogP contribution is -2.28. The van der Waals surface area contributed by atoms with Crippen molar-refractivity contribution in [1.29, 1.82) is 0 Å². The molecule has 0 saturated carbocycles. The van der Waals surface area contributed by atoms with Crippen molar-refractivity contribution in [1.82, 2.24) is 15.1 Å². The van der Waals surface area contributed by atoms with Gasteiger partial charge < -0.3 is 5.32 Å². The van der Waals surface area contributed by atoms with Crippen LogP contribution in [0.2, 0.25) is 0 Å². The molecule has 1 heterocycles. The van der Waals surface area contributed by atoms with Crippen molar-refractivity contribution >= 4 is 5.91 Å². The number of carbonyl (C=O) groups excluding carboxylic acids is 1. The van der Waals surface area contributed by atoms with Gasteiger partial charge in [-0.1, -0.05) is 38.1 Å². The number of rotatable bonds is 7. The Morgan fingerprint density at radius 3 is 2.38 bits per heavy atom. The maximum atomic E-state index is 13.1. The predicted octanol–water partition coefficient (Wildman–Crippen LogP) is 3.88. The molecule has 0 spiro atoms. The van der Waals surface area contributed by atoms with Crippen molar-refractivity contribution in [2.75, 3.05) is 0 Å². The monoisotopic (exact) mass is 393 g/mol. The molecule has 0 saturated heterocycles. The lowest BCUT2D eigenvalue weighted by molar-refractivity contribution is -0.121. The van der Waals surface area contributed by atoms with Crippen LogP contribution in [0.4, 0.5) is 4.39 Å². The van der Waals surface area contributed by atoms with Crippen LogP contribution in [0.5, 0.6) is 0 Å². The first kappa shape index (κ1) is 20.5. The van der Waals surface area contributed by atoms with E-state index < -0.39 is 0 Å². The number of carbonyl (C=O) groups is 1. The Morgan fingerprint density at radius 1 is 1.03 bits per heavy atom. The molecule has 0 atom stereocenters. The molecule has 1 aromatic heterocycles. The molecule has 0 bridgehead atoms. The first-order valence-electron chi connectivity index (χ1n) is 9.62.